The first-order valence-corrected chi connectivity index (χ1v) is 8.28. The number of rotatable bonds is 14. The zero-order valence-electron chi connectivity index (χ0n) is 13.6. The molecule has 0 aliphatic heterocycles. The van der Waals surface area contributed by atoms with Crippen molar-refractivity contribution < 1.29 is 19.8 Å². The highest BCUT2D eigenvalue weighted by Gasteiger charge is 2.12. The van der Waals surface area contributed by atoms with Crippen molar-refractivity contribution in [1.82, 2.24) is 0 Å². The van der Waals surface area contributed by atoms with Crippen LogP contribution in [0.25, 0.3) is 0 Å². The van der Waals surface area contributed by atoms with E-state index < -0.39 is 12.1 Å². The zero-order chi connectivity index (χ0) is 16.6. The zero-order valence-corrected chi connectivity index (χ0v) is 13.6. The van der Waals surface area contributed by atoms with Crippen LogP contribution in [0.3, 0.4) is 0 Å². The lowest BCUT2D eigenvalue weighted by atomic mass is 10.0. The van der Waals surface area contributed by atoms with Crippen molar-refractivity contribution in [2.24, 2.45) is 0 Å². The van der Waals surface area contributed by atoms with Crippen LogP contribution in [0, 0.1) is 0 Å². The molecule has 1 N–H and O–H groups in total. The average molecular weight is 309 g/mol. The van der Waals surface area contributed by atoms with Crippen LogP contribution in [-0.4, -0.2) is 23.0 Å². The standard InChI is InChI=1S/C18H30O4/c1-2-3-4-5-7-10-13-16(19)17(20)14-11-8-6-9-12-15-18(21)22/h3-4,7,10,17,20H,2,5-6,8-9,11-15H2,1H3,(H,21,22)/p-1/b4-3-,10-7-/t17-/m1/s1. The number of aliphatic carboxylic acids is 1. The first-order valence-electron chi connectivity index (χ1n) is 8.28. The van der Waals surface area contributed by atoms with Gasteiger partial charge in [-0.3, -0.25) is 4.79 Å². The molecule has 0 spiro atoms. The van der Waals surface area contributed by atoms with Gasteiger partial charge in [0.05, 0.1) is 0 Å². The molecule has 1 atom stereocenters. The van der Waals surface area contributed by atoms with E-state index in [1.807, 2.05) is 12.2 Å². The third-order valence-corrected chi connectivity index (χ3v) is 3.39. The van der Waals surface area contributed by atoms with E-state index in [1.165, 1.54) is 0 Å². The summed E-state index contributed by atoms with van der Waals surface area (Å²) in [5.41, 5.74) is 0. The van der Waals surface area contributed by atoms with Gasteiger partial charge in [-0.25, -0.2) is 0 Å². The third-order valence-electron chi connectivity index (χ3n) is 3.39. The maximum Gasteiger partial charge on any atom is 0.164 e. The topological polar surface area (TPSA) is 77.4 Å². The summed E-state index contributed by atoms with van der Waals surface area (Å²) in [6, 6.07) is 0. The van der Waals surface area contributed by atoms with Crippen LogP contribution in [0.4, 0.5) is 0 Å². The number of carbonyl (C=O) groups is 2. The summed E-state index contributed by atoms with van der Waals surface area (Å²) < 4.78 is 0. The predicted octanol–water partition coefficient (Wildman–Crippen LogP) is 2.70. The fraction of sp³-hybridized carbons (Fsp3) is 0.667. The number of aliphatic hydroxyl groups is 1. The minimum Gasteiger partial charge on any atom is -0.550 e. The number of hydrogen-bond donors (Lipinski definition) is 1. The van der Waals surface area contributed by atoms with Gasteiger partial charge in [0.2, 0.25) is 0 Å². The molecule has 4 nitrogen and oxygen atoms in total. The highest BCUT2D eigenvalue weighted by Crippen LogP contribution is 2.10. The fourth-order valence-electron chi connectivity index (χ4n) is 2.07. The molecule has 0 rings (SSSR count). The van der Waals surface area contributed by atoms with E-state index in [9.17, 15) is 19.8 Å². The van der Waals surface area contributed by atoms with Gasteiger partial charge in [0.25, 0.3) is 0 Å². The molecule has 0 bridgehead atoms. The fourth-order valence-corrected chi connectivity index (χ4v) is 2.07. The van der Waals surface area contributed by atoms with Gasteiger partial charge in [-0.15, -0.1) is 0 Å². The lowest BCUT2D eigenvalue weighted by Gasteiger charge is -2.08. The van der Waals surface area contributed by atoms with Gasteiger partial charge >= 0.3 is 0 Å². The highest BCUT2D eigenvalue weighted by atomic mass is 16.4. The molecule has 0 fully saturated rings. The van der Waals surface area contributed by atoms with Gasteiger partial charge in [0.1, 0.15) is 6.10 Å². The largest absolute Gasteiger partial charge is 0.550 e. The van der Waals surface area contributed by atoms with Crippen LogP contribution >= 0.6 is 0 Å². The molecule has 0 aliphatic rings. The quantitative estimate of drug-likeness (QED) is 0.395. The van der Waals surface area contributed by atoms with Crippen molar-refractivity contribution in [2.45, 2.75) is 77.2 Å². The Morgan fingerprint density at radius 1 is 1.00 bits per heavy atom. The van der Waals surface area contributed by atoms with E-state index in [1.54, 1.807) is 0 Å². The lowest BCUT2D eigenvalue weighted by Crippen LogP contribution is -2.21. The molecule has 0 amide bonds. The molecular weight excluding hydrogens is 280 g/mol. The molecule has 0 heterocycles. The highest BCUT2D eigenvalue weighted by molar-refractivity contribution is 5.84. The van der Waals surface area contributed by atoms with E-state index in [4.69, 9.17) is 0 Å². The minimum absolute atomic E-state index is 0.112. The number of hydrogen-bond acceptors (Lipinski definition) is 4. The molecule has 0 unspecified atom stereocenters. The number of unbranched alkanes of at least 4 members (excludes halogenated alkanes) is 4. The van der Waals surface area contributed by atoms with Gasteiger partial charge in [-0.1, -0.05) is 56.9 Å². The molecule has 0 aromatic rings. The molecule has 4 heteroatoms. The van der Waals surface area contributed by atoms with E-state index in [0.29, 0.717) is 12.8 Å². The number of ketones is 1. The molecule has 0 saturated heterocycles. The van der Waals surface area contributed by atoms with Crippen molar-refractivity contribution in [2.75, 3.05) is 0 Å². The summed E-state index contributed by atoms with van der Waals surface area (Å²) in [5, 5.41) is 20.0. The Balaban J connectivity index is 3.57. The Labute approximate surface area is 133 Å². The second kappa shape index (κ2) is 14.5. The van der Waals surface area contributed by atoms with E-state index in [2.05, 4.69) is 19.1 Å². The van der Waals surface area contributed by atoms with Crippen molar-refractivity contribution in [3.05, 3.63) is 24.3 Å². The lowest BCUT2D eigenvalue weighted by molar-refractivity contribution is -0.305. The minimum atomic E-state index is -1.00. The molecule has 0 aliphatic carbocycles. The number of allylic oxidation sites excluding steroid dienone is 4. The Morgan fingerprint density at radius 2 is 1.64 bits per heavy atom. The van der Waals surface area contributed by atoms with E-state index >= 15 is 0 Å². The van der Waals surface area contributed by atoms with Crippen LogP contribution in [0.2, 0.25) is 0 Å². The normalized spacial score (nSPS) is 13.0. The van der Waals surface area contributed by atoms with Crippen molar-refractivity contribution in [1.29, 1.82) is 0 Å². The van der Waals surface area contributed by atoms with Gasteiger partial charge in [-0.05, 0) is 32.1 Å². The Morgan fingerprint density at radius 3 is 2.32 bits per heavy atom. The molecule has 126 valence electrons. The number of Topliss-reactive ketones (excluding diaryl/α,β-unsaturated/α-hetero) is 1. The third kappa shape index (κ3) is 13.6. The molecule has 22 heavy (non-hydrogen) atoms. The summed E-state index contributed by atoms with van der Waals surface area (Å²) in [7, 11) is 0. The smallest absolute Gasteiger partial charge is 0.164 e. The maximum atomic E-state index is 11.7. The van der Waals surface area contributed by atoms with Crippen LogP contribution in [0.1, 0.15) is 71.1 Å². The Bertz CT molecular complexity index is 358. The summed E-state index contributed by atoms with van der Waals surface area (Å²) in [6.45, 7) is 2.07. The van der Waals surface area contributed by atoms with Crippen molar-refractivity contribution in [3.63, 3.8) is 0 Å². The summed E-state index contributed by atoms with van der Waals surface area (Å²) in [4.78, 5) is 21.9. The number of aliphatic hydroxyl groups excluding tert-OH is 1. The van der Waals surface area contributed by atoms with Gasteiger partial charge in [0.15, 0.2) is 5.78 Å². The summed E-state index contributed by atoms with van der Waals surface area (Å²) >= 11 is 0. The molecule has 0 saturated carbocycles. The van der Waals surface area contributed by atoms with Gasteiger partial charge in [-0.2, -0.15) is 0 Å². The number of carboxylic acids is 1. The van der Waals surface area contributed by atoms with Gasteiger partial charge < -0.3 is 15.0 Å². The van der Waals surface area contributed by atoms with Crippen LogP contribution in [0.5, 0.6) is 0 Å². The number of carboxylic acid groups (broad SMARTS) is 1. The van der Waals surface area contributed by atoms with E-state index in [-0.39, 0.29) is 18.6 Å². The van der Waals surface area contributed by atoms with Crippen molar-refractivity contribution >= 4 is 11.8 Å². The molecular formula is C18H29O4-. The molecule has 0 radical (unpaired) electrons. The first kappa shape index (κ1) is 20.6. The second-order valence-electron chi connectivity index (χ2n) is 5.45. The Hall–Kier alpha value is -1.42. The second-order valence-corrected chi connectivity index (χ2v) is 5.45. The first-order chi connectivity index (χ1) is 10.6. The van der Waals surface area contributed by atoms with Gasteiger partial charge in [0, 0.05) is 12.4 Å². The average Bonchev–Trinajstić information content (AvgIpc) is 2.49. The monoisotopic (exact) mass is 309 g/mol. The van der Waals surface area contributed by atoms with Crippen LogP contribution < -0.4 is 5.11 Å². The van der Waals surface area contributed by atoms with Crippen molar-refractivity contribution in [3.8, 4) is 0 Å². The maximum absolute atomic E-state index is 11.7. The SMILES string of the molecule is CC/C=C\C/C=C\CC(=O)[C@H](O)CCCCCCCC(=O)[O-]. The Kier molecular flexibility index (Phi) is 13.6. The molecule has 0 aromatic carbocycles. The molecule has 0 aromatic heterocycles. The van der Waals surface area contributed by atoms with Crippen LogP contribution in [0.15, 0.2) is 24.3 Å². The predicted molar refractivity (Wildman–Crippen MR) is 86.1 cm³/mol. The number of carbonyl (C=O) groups excluding carboxylic acids is 2. The summed E-state index contributed by atoms with van der Waals surface area (Å²) in [5.74, 6) is -1.13. The summed E-state index contributed by atoms with van der Waals surface area (Å²) in [6.07, 6.45) is 13.9. The van der Waals surface area contributed by atoms with E-state index in [0.717, 1.165) is 38.5 Å². The van der Waals surface area contributed by atoms with Crippen LogP contribution in [-0.2, 0) is 9.59 Å².